The van der Waals surface area contributed by atoms with Crippen molar-refractivity contribution in [2.24, 2.45) is 0 Å². The van der Waals surface area contributed by atoms with E-state index in [9.17, 15) is 9.18 Å². The van der Waals surface area contributed by atoms with Crippen molar-refractivity contribution in [3.05, 3.63) is 66.0 Å². The van der Waals surface area contributed by atoms with E-state index in [4.69, 9.17) is 0 Å². The van der Waals surface area contributed by atoms with Gasteiger partial charge in [0.1, 0.15) is 18.4 Å². The third-order valence-corrected chi connectivity index (χ3v) is 4.68. The van der Waals surface area contributed by atoms with Gasteiger partial charge in [-0.3, -0.25) is 4.79 Å². The molecule has 0 spiro atoms. The van der Waals surface area contributed by atoms with Crippen molar-refractivity contribution in [3.8, 4) is 0 Å². The second-order valence-electron chi connectivity index (χ2n) is 6.61. The largest absolute Gasteiger partial charge is 0.374 e. The van der Waals surface area contributed by atoms with E-state index < -0.39 is 0 Å². The minimum atomic E-state index is -0.318. The number of quaternary nitrogens is 1. The lowest BCUT2D eigenvalue weighted by atomic mass is 10.2. The molecule has 1 aliphatic heterocycles. The number of hydrogen-bond donors (Lipinski definition) is 2. The molecule has 0 saturated carbocycles. The van der Waals surface area contributed by atoms with Crippen LogP contribution in [0.15, 0.2) is 54.6 Å². The lowest BCUT2D eigenvalue weighted by molar-refractivity contribution is -0.917. The number of amides is 1. The third-order valence-electron chi connectivity index (χ3n) is 4.68. The molecule has 4 nitrogen and oxygen atoms in total. The van der Waals surface area contributed by atoms with Crippen molar-refractivity contribution in [2.45, 2.75) is 19.5 Å². The molecule has 2 aromatic rings. The van der Waals surface area contributed by atoms with E-state index in [1.807, 2.05) is 17.9 Å². The molecule has 0 aliphatic carbocycles. The van der Waals surface area contributed by atoms with Crippen LogP contribution >= 0.6 is 0 Å². The first kappa shape index (κ1) is 17.4. The quantitative estimate of drug-likeness (QED) is 0.865. The molecule has 1 amide bonds. The summed E-state index contributed by atoms with van der Waals surface area (Å²) in [6, 6.07) is 16.2. The molecule has 0 bridgehead atoms. The summed E-state index contributed by atoms with van der Waals surface area (Å²) >= 11 is 0. The number of halogens is 1. The molecule has 3 rings (SSSR count). The van der Waals surface area contributed by atoms with Gasteiger partial charge < -0.3 is 15.1 Å². The Morgan fingerprint density at radius 2 is 1.76 bits per heavy atom. The van der Waals surface area contributed by atoms with Gasteiger partial charge in [0.2, 0.25) is 5.91 Å². The van der Waals surface area contributed by atoms with Gasteiger partial charge in [-0.05, 0) is 31.2 Å². The van der Waals surface area contributed by atoms with E-state index in [2.05, 4.69) is 29.6 Å². The van der Waals surface area contributed by atoms with Crippen LogP contribution in [0.4, 0.5) is 10.1 Å². The maximum Gasteiger partial charge on any atom is 0.245 e. The van der Waals surface area contributed by atoms with E-state index in [0.717, 1.165) is 38.4 Å². The van der Waals surface area contributed by atoms with E-state index in [0.29, 0.717) is 0 Å². The predicted octanol–water partition coefficient (Wildman–Crippen LogP) is 1.55. The van der Waals surface area contributed by atoms with Crippen molar-refractivity contribution < 1.29 is 14.1 Å². The van der Waals surface area contributed by atoms with E-state index in [1.165, 1.54) is 22.6 Å². The van der Waals surface area contributed by atoms with Gasteiger partial charge in [0, 0.05) is 11.3 Å². The Morgan fingerprint density at radius 3 is 2.40 bits per heavy atom. The molecule has 2 N–H and O–H groups in total. The zero-order valence-electron chi connectivity index (χ0n) is 14.5. The van der Waals surface area contributed by atoms with Gasteiger partial charge in [-0.25, -0.2) is 4.39 Å². The monoisotopic (exact) mass is 342 g/mol. The molecule has 2 aromatic carbocycles. The molecule has 0 unspecified atom stereocenters. The summed E-state index contributed by atoms with van der Waals surface area (Å²) < 4.78 is 13.0. The number of hydrogen-bond acceptors (Lipinski definition) is 2. The lowest BCUT2D eigenvalue weighted by Crippen LogP contribution is -3.13. The highest BCUT2D eigenvalue weighted by Gasteiger charge is 2.26. The van der Waals surface area contributed by atoms with Gasteiger partial charge in [0.15, 0.2) is 0 Å². The topological polar surface area (TPSA) is 36.8 Å². The molecule has 5 heteroatoms. The van der Waals surface area contributed by atoms with E-state index >= 15 is 0 Å². The van der Waals surface area contributed by atoms with Crippen LogP contribution in [0.3, 0.4) is 0 Å². The molecule has 0 radical (unpaired) electrons. The van der Waals surface area contributed by atoms with Crippen LogP contribution in [-0.2, 0) is 11.3 Å². The normalized spacial score (nSPS) is 16.5. The van der Waals surface area contributed by atoms with Gasteiger partial charge in [-0.1, -0.05) is 30.3 Å². The van der Waals surface area contributed by atoms with Crippen molar-refractivity contribution >= 4 is 11.6 Å². The Balaban J connectivity index is 1.48. The third kappa shape index (κ3) is 4.79. The first-order chi connectivity index (χ1) is 12.1. The molecular formula is C20H25FN3O+. The van der Waals surface area contributed by atoms with Crippen LogP contribution in [0, 0.1) is 5.82 Å². The van der Waals surface area contributed by atoms with Crippen LogP contribution in [0.2, 0.25) is 0 Å². The fourth-order valence-electron chi connectivity index (χ4n) is 3.24. The molecule has 1 aliphatic rings. The first-order valence-electron chi connectivity index (χ1n) is 8.80. The fourth-order valence-corrected chi connectivity index (χ4v) is 3.24. The fraction of sp³-hybridized carbons (Fsp3) is 0.350. The van der Waals surface area contributed by atoms with Gasteiger partial charge in [0.25, 0.3) is 0 Å². The van der Waals surface area contributed by atoms with Gasteiger partial charge >= 0.3 is 0 Å². The Hall–Kier alpha value is -2.40. The molecule has 25 heavy (non-hydrogen) atoms. The van der Waals surface area contributed by atoms with E-state index in [-0.39, 0.29) is 17.8 Å². The standard InChI is InChI=1S/C20H24FN3O/c1-16(22-19-9-7-18(21)8-10-19)20(25)24-13-11-23(12-14-24)15-17-5-3-2-4-6-17/h2-10,16,22H,11-15H2,1H3/p+1/t16-/m1/s1. The SMILES string of the molecule is C[C@@H](Nc1ccc(F)cc1)C(=O)N1CC[NH+](Cc2ccccc2)CC1. The van der Waals surface area contributed by atoms with Crippen molar-refractivity contribution in [1.82, 2.24) is 4.90 Å². The maximum atomic E-state index is 13.0. The number of rotatable bonds is 5. The second kappa shape index (κ2) is 8.12. The Labute approximate surface area is 148 Å². The first-order valence-corrected chi connectivity index (χ1v) is 8.80. The molecule has 1 atom stereocenters. The number of nitrogens with one attached hydrogen (secondary N) is 2. The highest BCUT2D eigenvalue weighted by atomic mass is 19.1. The van der Waals surface area contributed by atoms with Gasteiger partial charge in [0.05, 0.1) is 26.2 Å². The summed E-state index contributed by atoms with van der Waals surface area (Å²) in [4.78, 5) is 16.0. The molecule has 0 aromatic heterocycles. The highest BCUT2D eigenvalue weighted by Crippen LogP contribution is 2.11. The summed E-state index contributed by atoms with van der Waals surface area (Å²) in [5.41, 5.74) is 2.10. The van der Waals surface area contributed by atoms with Crippen LogP contribution in [0.25, 0.3) is 0 Å². The number of nitrogens with zero attached hydrogens (tertiary/aromatic N) is 1. The molecule has 1 heterocycles. The molecule has 1 saturated heterocycles. The summed E-state index contributed by atoms with van der Waals surface area (Å²) in [6.07, 6.45) is 0. The minimum Gasteiger partial charge on any atom is -0.374 e. The maximum absolute atomic E-state index is 13.0. The second-order valence-corrected chi connectivity index (χ2v) is 6.61. The van der Waals surface area contributed by atoms with Crippen LogP contribution < -0.4 is 10.2 Å². The van der Waals surface area contributed by atoms with Crippen LogP contribution in [-0.4, -0.2) is 43.0 Å². The average Bonchev–Trinajstić information content (AvgIpc) is 2.64. The molecule has 1 fully saturated rings. The average molecular weight is 342 g/mol. The molecular weight excluding hydrogens is 317 g/mol. The van der Waals surface area contributed by atoms with Gasteiger partial charge in [-0.15, -0.1) is 0 Å². The Bertz CT molecular complexity index is 682. The highest BCUT2D eigenvalue weighted by molar-refractivity contribution is 5.84. The zero-order valence-corrected chi connectivity index (χ0v) is 14.5. The Morgan fingerprint density at radius 1 is 1.12 bits per heavy atom. The number of piperazine rings is 1. The van der Waals surface area contributed by atoms with E-state index in [1.54, 1.807) is 12.1 Å². The summed E-state index contributed by atoms with van der Waals surface area (Å²) in [7, 11) is 0. The number of carbonyl (C=O) groups excluding carboxylic acids is 1. The summed E-state index contributed by atoms with van der Waals surface area (Å²) in [5, 5.41) is 3.15. The smallest absolute Gasteiger partial charge is 0.245 e. The number of carbonyl (C=O) groups is 1. The minimum absolute atomic E-state index is 0.100. The molecule has 132 valence electrons. The van der Waals surface area contributed by atoms with Crippen molar-refractivity contribution in [2.75, 3.05) is 31.5 Å². The van der Waals surface area contributed by atoms with Crippen LogP contribution in [0.5, 0.6) is 0 Å². The zero-order chi connectivity index (χ0) is 17.6. The predicted molar refractivity (Wildman–Crippen MR) is 96.9 cm³/mol. The number of benzene rings is 2. The van der Waals surface area contributed by atoms with Crippen molar-refractivity contribution in [3.63, 3.8) is 0 Å². The summed E-state index contributed by atoms with van der Waals surface area (Å²) in [5.74, 6) is -0.176. The Kier molecular flexibility index (Phi) is 5.66. The lowest BCUT2D eigenvalue weighted by Gasteiger charge is -2.34. The van der Waals surface area contributed by atoms with Crippen LogP contribution in [0.1, 0.15) is 12.5 Å². The van der Waals surface area contributed by atoms with Crippen molar-refractivity contribution in [1.29, 1.82) is 0 Å². The van der Waals surface area contributed by atoms with Gasteiger partial charge in [-0.2, -0.15) is 0 Å². The summed E-state index contributed by atoms with van der Waals surface area (Å²) in [6.45, 7) is 6.34. The number of anilines is 1.